The Balaban J connectivity index is 2.23. The highest BCUT2D eigenvalue weighted by Gasteiger charge is 2.29. The third-order valence-corrected chi connectivity index (χ3v) is 3.99. The van der Waals surface area contributed by atoms with E-state index in [0.29, 0.717) is 6.54 Å². The second-order valence-corrected chi connectivity index (χ2v) is 5.60. The van der Waals surface area contributed by atoms with Gasteiger partial charge in [0.15, 0.2) is 0 Å². The molecule has 0 fully saturated rings. The summed E-state index contributed by atoms with van der Waals surface area (Å²) in [6.45, 7) is 2.10. The number of methoxy groups -OCH3 is 1. The Morgan fingerprint density at radius 2 is 1.95 bits per heavy atom. The van der Waals surface area contributed by atoms with Gasteiger partial charge in [-0.15, -0.1) is 0 Å². The first-order valence-electron chi connectivity index (χ1n) is 7.75. The van der Waals surface area contributed by atoms with Crippen molar-refractivity contribution < 1.29 is 14.3 Å². The molecule has 0 N–H and O–H groups in total. The average molecular weight is 301 g/mol. The van der Waals surface area contributed by atoms with E-state index in [4.69, 9.17) is 4.74 Å². The number of amides is 1. The summed E-state index contributed by atoms with van der Waals surface area (Å²) in [5.74, 6) is -1.46. The van der Waals surface area contributed by atoms with Gasteiger partial charge in [0.1, 0.15) is 5.92 Å². The Kier molecular flexibility index (Phi) is 5.75. The summed E-state index contributed by atoms with van der Waals surface area (Å²) in [4.78, 5) is 26.2. The minimum absolute atomic E-state index is 0.191. The number of hydrogen-bond acceptors (Lipinski definition) is 3. The fourth-order valence-corrected chi connectivity index (χ4v) is 2.66. The van der Waals surface area contributed by atoms with Crippen molar-refractivity contribution in [3.05, 3.63) is 47.7 Å². The van der Waals surface area contributed by atoms with Crippen LogP contribution in [0.3, 0.4) is 0 Å². The Morgan fingerprint density at radius 3 is 2.55 bits per heavy atom. The standard InChI is InChI=1S/C18H23NO3/c1-14(18(21)22-2)17(20)19(16-11-7-4-8-12-16)13-15-9-5-3-6-10-15/h3,5-6,9-11,14H,4,7-8,12-13H2,1-2H3. The summed E-state index contributed by atoms with van der Waals surface area (Å²) >= 11 is 0. The molecule has 118 valence electrons. The van der Waals surface area contributed by atoms with E-state index >= 15 is 0 Å². The molecule has 1 unspecified atom stereocenters. The molecule has 0 aromatic heterocycles. The highest BCUT2D eigenvalue weighted by atomic mass is 16.5. The molecule has 1 atom stereocenters. The summed E-state index contributed by atoms with van der Waals surface area (Å²) in [5.41, 5.74) is 2.08. The lowest BCUT2D eigenvalue weighted by Gasteiger charge is -2.29. The SMILES string of the molecule is COC(=O)C(C)C(=O)N(Cc1ccccc1)C1=CCCCC1. The van der Waals surface area contributed by atoms with Crippen molar-refractivity contribution in [2.75, 3.05) is 7.11 Å². The molecule has 0 heterocycles. The minimum atomic E-state index is -0.781. The first-order valence-corrected chi connectivity index (χ1v) is 7.75. The molecule has 4 heteroatoms. The molecule has 1 aliphatic rings. The fraction of sp³-hybridized carbons (Fsp3) is 0.444. The van der Waals surface area contributed by atoms with Crippen molar-refractivity contribution in [1.82, 2.24) is 4.90 Å². The summed E-state index contributed by atoms with van der Waals surface area (Å²) in [6.07, 6.45) is 6.22. The van der Waals surface area contributed by atoms with Gasteiger partial charge in [0.05, 0.1) is 13.7 Å². The van der Waals surface area contributed by atoms with Gasteiger partial charge in [-0.25, -0.2) is 0 Å². The van der Waals surface area contributed by atoms with E-state index < -0.39 is 11.9 Å². The van der Waals surface area contributed by atoms with Gasteiger partial charge in [-0.1, -0.05) is 36.4 Å². The number of esters is 1. The molecule has 0 radical (unpaired) electrons. The van der Waals surface area contributed by atoms with Gasteiger partial charge in [0, 0.05) is 5.70 Å². The van der Waals surface area contributed by atoms with Crippen LogP contribution in [0.1, 0.15) is 38.2 Å². The number of ether oxygens (including phenoxy) is 1. The molecule has 0 saturated carbocycles. The molecule has 0 saturated heterocycles. The molecule has 1 aromatic carbocycles. The van der Waals surface area contributed by atoms with Crippen LogP contribution in [0.25, 0.3) is 0 Å². The Morgan fingerprint density at radius 1 is 1.23 bits per heavy atom. The molecule has 2 rings (SSSR count). The zero-order chi connectivity index (χ0) is 15.9. The van der Waals surface area contributed by atoms with Crippen LogP contribution in [0.4, 0.5) is 0 Å². The molecule has 0 bridgehead atoms. The smallest absolute Gasteiger partial charge is 0.317 e. The maximum Gasteiger partial charge on any atom is 0.317 e. The largest absolute Gasteiger partial charge is 0.468 e. The lowest BCUT2D eigenvalue weighted by atomic mass is 10.0. The number of rotatable bonds is 5. The number of benzene rings is 1. The van der Waals surface area contributed by atoms with E-state index in [-0.39, 0.29) is 5.91 Å². The van der Waals surface area contributed by atoms with Gasteiger partial charge >= 0.3 is 5.97 Å². The van der Waals surface area contributed by atoms with Crippen LogP contribution >= 0.6 is 0 Å². The summed E-state index contributed by atoms with van der Waals surface area (Å²) in [5, 5.41) is 0. The second kappa shape index (κ2) is 7.78. The Labute approximate surface area is 131 Å². The zero-order valence-corrected chi connectivity index (χ0v) is 13.2. The van der Waals surface area contributed by atoms with Crippen molar-refractivity contribution in [3.8, 4) is 0 Å². The number of carbonyl (C=O) groups excluding carboxylic acids is 2. The number of nitrogens with zero attached hydrogens (tertiary/aromatic N) is 1. The molecule has 22 heavy (non-hydrogen) atoms. The summed E-state index contributed by atoms with van der Waals surface area (Å²) < 4.78 is 4.71. The quantitative estimate of drug-likeness (QED) is 0.619. The van der Waals surface area contributed by atoms with Gasteiger partial charge in [-0.2, -0.15) is 0 Å². The minimum Gasteiger partial charge on any atom is -0.468 e. The van der Waals surface area contributed by atoms with Crippen molar-refractivity contribution in [3.63, 3.8) is 0 Å². The van der Waals surface area contributed by atoms with Crippen molar-refractivity contribution >= 4 is 11.9 Å². The molecule has 0 spiro atoms. The number of allylic oxidation sites excluding steroid dienone is 2. The molecule has 1 amide bonds. The number of carbonyl (C=O) groups is 2. The van der Waals surface area contributed by atoms with Gasteiger partial charge in [-0.3, -0.25) is 9.59 Å². The van der Waals surface area contributed by atoms with E-state index in [1.165, 1.54) is 7.11 Å². The highest BCUT2D eigenvalue weighted by molar-refractivity contribution is 5.98. The lowest BCUT2D eigenvalue weighted by Crippen LogP contribution is -2.38. The maximum atomic E-state index is 12.7. The van der Waals surface area contributed by atoms with Crippen molar-refractivity contribution in [1.29, 1.82) is 0 Å². The third-order valence-electron chi connectivity index (χ3n) is 3.99. The normalized spacial score (nSPS) is 15.6. The van der Waals surface area contributed by atoms with Crippen LogP contribution in [-0.2, 0) is 20.9 Å². The topological polar surface area (TPSA) is 46.6 Å². The maximum absolute atomic E-state index is 12.7. The van der Waals surface area contributed by atoms with Crippen LogP contribution in [0, 0.1) is 5.92 Å². The highest BCUT2D eigenvalue weighted by Crippen LogP contribution is 2.24. The molecule has 0 aliphatic heterocycles. The Hall–Kier alpha value is -2.10. The number of hydrogen-bond donors (Lipinski definition) is 0. The zero-order valence-electron chi connectivity index (χ0n) is 13.2. The van der Waals surface area contributed by atoms with E-state index in [1.807, 2.05) is 30.3 Å². The summed E-state index contributed by atoms with van der Waals surface area (Å²) in [6, 6.07) is 9.85. The molecular weight excluding hydrogens is 278 g/mol. The predicted molar refractivity (Wildman–Crippen MR) is 84.7 cm³/mol. The van der Waals surface area contributed by atoms with E-state index in [1.54, 1.807) is 11.8 Å². The van der Waals surface area contributed by atoms with E-state index in [9.17, 15) is 9.59 Å². The van der Waals surface area contributed by atoms with E-state index in [2.05, 4.69) is 6.08 Å². The third kappa shape index (κ3) is 3.97. The van der Waals surface area contributed by atoms with Crippen LogP contribution < -0.4 is 0 Å². The van der Waals surface area contributed by atoms with Gasteiger partial charge in [-0.05, 0) is 38.2 Å². The molecule has 1 aliphatic carbocycles. The van der Waals surface area contributed by atoms with Crippen molar-refractivity contribution in [2.24, 2.45) is 5.92 Å². The van der Waals surface area contributed by atoms with Crippen LogP contribution in [0.2, 0.25) is 0 Å². The van der Waals surface area contributed by atoms with Crippen molar-refractivity contribution in [2.45, 2.75) is 39.2 Å². The predicted octanol–water partition coefficient (Wildman–Crippen LogP) is 3.28. The van der Waals surface area contributed by atoms with Crippen LogP contribution in [0.5, 0.6) is 0 Å². The first kappa shape index (κ1) is 16.3. The van der Waals surface area contributed by atoms with E-state index in [0.717, 1.165) is 36.9 Å². The molecule has 4 nitrogen and oxygen atoms in total. The first-order chi connectivity index (χ1) is 10.6. The lowest BCUT2D eigenvalue weighted by molar-refractivity contribution is -0.152. The molecular formula is C18H23NO3. The average Bonchev–Trinajstić information content (AvgIpc) is 2.59. The molecule has 1 aromatic rings. The van der Waals surface area contributed by atoms with Gasteiger partial charge < -0.3 is 9.64 Å². The van der Waals surface area contributed by atoms with Crippen LogP contribution in [-0.4, -0.2) is 23.9 Å². The fourth-order valence-electron chi connectivity index (χ4n) is 2.66. The van der Waals surface area contributed by atoms with Gasteiger partial charge in [0.2, 0.25) is 5.91 Å². The second-order valence-electron chi connectivity index (χ2n) is 5.60. The Bertz CT molecular complexity index is 551. The van der Waals surface area contributed by atoms with Crippen LogP contribution in [0.15, 0.2) is 42.1 Å². The summed E-state index contributed by atoms with van der Waals surface area (Å²) in [7, 11) is 1.31. The monoisotopic (exact) mass is 301 g/mol. The van der Waals surface area contributed by atoms with Gasteiger partial charge in [0.25, 0.3) is 0 Å².